The van der Waals surface area contributed by atoms with Gasteiger partial charge in [0, 0.05) is 42.0 Å². The minimum absolute atomic E-state index is 0.0698. The summed E-state index contributed by atoms with van der Waals surface area (Å²) in [6, 6.07) is 8.83. The maximum absolute atomic E-state index is 12.5. The second-order valence-corrected chi connectivity index (χ2v) is 6.29. The Morgan fingerprint density at radius 3 is 2.76 bits per heavy atom. The molecule has 2 atom stereocenters. The van der Waals surface area contributed by atoms with Crippen LogP contribution in [0.25, 0.3) is 10.9 Å². The van der Waals surface area contributed by atoms with E-state index in [-0.39, 0.29) is 12.1 Å². The van der Waals surface area contributed by atoms with Crippen molar-refractivity contribution < 1.29 is 9.53 Å². The van der Waals surface area contributed by atoms with Crippen LogP contribution in [0.15, 0.2) is 30.5 Å². The highest BCUT2D eigenvalue weighted by atomic mass is 16.5. The zero-order chi connectivity index (χ0) is 14.4. The van der Waals surface area contributed by atoms with Gasteiger partial charge >= 0.3 is 5.97 Å². The standard InChI is InChI=1S/C17H20N2O2/c1-19-11-5-6-12(19)10-13(9-11)21-17(20)15-3-2-4-16-14(15)7-8-18-16/h2-4,7-8,11-13,18H,5-6,9-10H2,1H3. The normalized spacial score (nSPS) is 28.9. The van der Waals surface area contributed by atoms with Gasteiger partial charge in [-0.2, -0.15) is 0 Å². The van der Waals surface area contributed by atoms with Crippen LogP contribution >= 0.6 is 0 Å². The Bertz CT molecular complexity index is 664. The van der Waals surface area contributed by atoms with Crippen LogP contribution in [0.1, 0.15) is 36.0 Å². The molecule has 0 spiro atoms. The molecule has 2 fully saturated rings. The highest BCUT2D eigenvalue weighted by Gasteiger charge is 2.39. The molecule has 0 amide bonds. The summed E-state index contributed by atoms with van der Waals surface area (Å²) in [6.45, 7) is 0. The summed E-state index contributed by atoms with van der Waals surface area (Å²) >= 11 is 0. The highest BCUT2D eigenvalue weighted by Crippen LogP contribution is 2.35. The first kappa shape index (κ1) is 12.9. The average molecular weight is 284 g/mol. The van der Waals surface area contributed by atoms with Gasteiger partial charge in [-0.3, -0.25) is 0 Å². The Hall–Kier alpha value is -1.81. The zero-order valence-corrected chi connectivity index (χ0v) is 12.2. The molecule has 21 heavy (non-hydrogen) atoms. The maximum atomic E-state index is 12.5. The number of esters is 1. The number of nitrogens with zero attached hydrogens (tertiary/aromatic N) is 1. The number of carbonyl (C=O) groups excluding carboxylic acids is 1. The fraction of sp³-hybridized carbons (Fsp3) is 0.471. The molecule has 0 aliphatic carbocycles. The third-order valence-corrected chi connectivity index (χ3v) is 5.14. The number of aromatic amines is 1. The average Bonchev–Trinajstić information content (AvgIpc) is 3.01. The number of piperidine rings is 1. The van der Waals surface area contributed by atoms with Crippen molar-refractivity contribution in [2.24, 2.45) is 0 Å². The second kappa shape index (κ2) is 4.88. The zero-order valence-electron chi connectivity index (χ0n) is 12.2. The SMILES string of the molecule is CN1C2CCC1CC(OC(=O)c1cccc3[nH]ccc13)C2. The van der Waals surface area contributed by atoms with Gasteiger partial charge in [0.15, 0.2) is 0 Å². The molecule has 2 aromatic rings. The Morgan fingerprint density at radius 2 is 2.00 bits per heavy atom. The second-order valence-electron chi connectivity index (χ2n) is 6.29. The molecule has 0 radical (unpaired) electrons. The Labute approximate surface area is 124 Å². The molecule has 2 saturated heterocycles. The van der Waals surface area contributed by atoms with Gasteiger partial charge in [-0.05, 0) is 38.1 Å². The summed E-state index contributed by atoms with van der Waals surface area (Å²) < 4.78 is 5.80. The lowest BCUT2D eigenvalue weighted by Crippen LogP contribution is -2.43. The van der Waals surface area contributed by atoms with Gasteiger partial charge in [0.05, 0.1) is 5.56 Å². The summed E-state index contributed by atoms with van der Waals surface area (Å²) in [5.41, 5.74) is 1.65. The molecule has 3 heterocycles. The van der Waals surface area contributed by atoms with Crippen molar-refractivity contribution in [1.29, 1.82) is 0 Å². The van der Waals surface area contributed by atoms with Crippen molar-refractivity contribution >= 4 is 16.9 Å². The van der Waals surface area contributed by atoms with Gasteiger partial charge in [-0.15, -0.1) is 0 Å². The van der Waals surface area contributed by atoms with Crippen LogP contribution in [0.2, 0.25) is 0 Å². The number of ether oxygens (including phenoxy) is 1. The molecular formula is C17H20N2O2. The Morgan fingerprint density at radius 1 is 1.24 bits per heavy atom. The van der Waals surface area contributed by atoms with Gasteiger partial charge < -0.3 is 14.6 Å². The molecule has 4 rings (SSSR count). The van der Waals surface area contributed by atoms with E-state index in [1.54, 1.807) is 0 Å². The van der Waals surface area contributed by atoms with Crippen LogP contribution in [0.5, 0.6) is 0 Å². The molecule has 1 aromatic carbocycles. The number of hydrogen-bond acceptors (Lipinski definition) is 3. The third kappa shape index (κ3) is 2.14. The van der Waals surface area contributed by atoms with E-state index in [1.165, 1.54) is 12.8 Å². The lowest BCUT2D eigenvalue weighted by molar-refractivity contribution is -0.000261. The van der Waals surface area contributed by atoms with E-state index in [2.05, 4.69) is 16.9 Å². The van der Waals surface area contributed by atoms with Crippen molar-refractivity contribution in [3.63, 3.8) is 0 Å². The van der Waals surface area contributed by atoms with Crippen molar-refractivity contribution in [2.45, 2.75) is 43.9 Å². The number of H-pyrrole nitrogens is 1. The summed E-state index contributed by atoms with van der Waals surface area (Å²) in [6.07, 6.45) is 6.35. The number of nitrogens with one attached hydrogen (secondary N) is 1. The van der Waals surface area contributed by atoms with E-state index in [0.717, 1.165) is 23.7 Å². The van der Waals surface area contributed by atoms with E-state index >= 15 is 0 Å². The summed E-state index contributed by atoms with van der Waals surface area (Å²) in [5.74, 6) is -0.186. The van der Waals surface area contributed by atoms with Gasteiger partial charge in [0.25, 0.3) is 0 Å². The van der Waals surface area contributed by atoms with Gasteiger partial charge in [-0.25, -0.2) is 4.79 Å². The first-order chi connectivity index (χ1) is 10.2. The summed E-state index contributed by atoms with van der Waals surface area (Å²) in [7, 11) is 2.20. The smallest absolute Gasteiger partial charge is 0.339 e. The topological polar surface area (TPSA) is 45.3 Å². The first-order valence-corrected chi connectivity index (χ1v) is 7.71. The van der Waals surface area contributed by atoms with Crippen molar-refractivity contribution in [1.82, 2.24) is 9.88 Å². The monoisotopic (exact) mass is 284 g/mol. The number of hydrogen-bond donors (Lipinski definition) is 1. The fourth-order valence-electron chi connectivity index (χ4n) is 3.94. The molecule has 2 bridgehead atoms. The highest BCUT2D eigenvalue weighted by molar-refractivity contribution is 6.03. The Balaban J connectivity index is 1.53. The van der Waals surface area contributed by atoms with Crippen LogP contribution in [-0.2, 0) is 4.74 Å². The number of aromatic nitrogens is 1. The molecule has 4 nitrogen and oxygen atoms in total. The van der Waals surface area contributed by atoms with Crippen LogP contribution in [0.3, 0.4) is 0 Å². The number of carbonyl (C=O) groups is 1. The van der Waals surface area contributed by atoms with Crippen molar-refractivity contribution in [2.75, 3.05) is 7.05 Å². The summed E-state index contributed by atoms with van der Waals surface area (Å²) in [4.78, 5) is 18.1. The Kier molecular flexibility index (Phi) is 3.00. The van der Waals surface area contributed by atoms with Crippen LogP contribution in [-0.4, -0.2) is 41.1 Å². The number of rotatable bonds is 2. The largest absolute Gasteiger partial charge is 0.459 e. The van der Waals surface area contributed by atoms with E-state index < -0.39 is 0 Å². The quantitative estimate of drug-likeness (QED) is 0.862. The number of fused-ring (bicyclic) bond motifs is 3. The molecule has 1 aromatic heterocycles. The molecule has 2 unspecified atom stereocenters. The van der Waals surface area contributed by atoms with E-state index in [9.17, 15) is 4.79 Å². The molecule has 2 aliphatic heterocycles. The lowest BCUT2D eigenvalue weighted by Gasteiger charge is -2.35. The first-order valence-electron chi connectivity index (χ1n) is 7.71. The van der Waals surface area contributed by atoms with E-state index in [1.807, 2.05) is 30.5 Å². The van der Waals surface area contributed by atoms with Crippen molar-refractivity contribution in [3.8, 4) is 0 Å². The van der Waals surface area contributed by atoms with Gasteiger partial charge in [0.1, 0.15) is 6.10 Å². The lowest BCUT2D eigenvalue weighted by atomic mass is 10.0. The molecule has 0 saturated carbocycles. The molecular weight excluding hydrogens is 264 g/mol. The van der Waals surface area contributed by atoms with Crippen LogP contribution < -0.4 is 0 Å². The van der Waals surface area contributed by atoms with Crippen LogP contribution in [0.4, 0.5) is 0 Å². The fourth-order valence-corrected chi connectivity index (χ4v) is 3.94. The maximum Gasteiger partial charge on any atom is 0.339 e. The van der Waals surface area contributed by atoms with Gasteiger partial charge in [0.2, 0.25) is 0 Å². The minimum atomic E-state index is -0.186. The number of benzene rings is 1. The summed E-state index contributed by atoms with van der Waals surface area (Å²) in [5, 5.41) is 0.943. The third-order valence-electron chi connectivity index (χ3n) is 5.14. The predicted molar refractivity (Wildman–Crippen MR) is 81.3 cm³/mol. The van der Waals surface area contributed by atoms with E-state index in [4.69, 9.17) is 4.74 Å². The van der Waals surface area contributed by atoms with Gasteiger partial charge in [-0.1, -0.05) is 6.07 Å². The van der Waals surface area contributed by atoms with Crippen molar-refractivity contribution in [3.05, 3.63) is 36.0 Å². The van der Waals surface area contributed by atoms with Crippen LogP contribution in [0, 0.1) is 0 Å². The molecule has 1 N–H and O–H groups in total. The minimum Gasteiger partial charge on any atom is -0.459 e. The predicted octanol–water partition coefficient (Wildman–Crippen LogP) is 2.95. The molecule has 2 aliphatic rings. The molecule has 110 valence electrons. The van der Waals surface area contributed by atoms with E-state index in [0.29, 0.717) is 17.6 Å². The molecule has 4 heteroatoms.